The summed E-state index contributed by atoms with van der Waals surface area (Å²) in [7, 11) is 0. The molecule has 19 heteroatoms. The van der Waals surface area contributed by atoms with Gasteiger partial charge < -0.3 is 30.9 Å². The number of hydrazine groups is 2. The lowest BCUT2D eigenvalue weighted by molar-refractivity contribution is -0.435. The Kier molecular flexibility index (Phi) is 14.7. The van der Waals surface area contributed by atoms with Crippen LogP contribution in [0.3, 0.4) is 0 Å². The molecule has 0 aromatic heterocycles. The molecule has 2 heterocycles. The number of aliphatic carboxylic acids is 2. The number of carboxylic acid groups (broad SMARTS) is 2. The molecular weight excluding hydrogens is 901 g/mol. The molecule has 19 nitrogen and oxygen atoms in total. The van der Waals surface area contributed by atoms with Crippen molar-refractivity contribution in [2.24, 2.45) is 5.92 Å². The standard InChI is InChI=1S/C51H56N8O11/c1-27(46(65)52-25-37(60)48(67)68)56-54-19-21-58-35-17-15-29-11-7-9-13-31(29)41(35)50(3,4)39(58)23-33-43(62)34(45(64)44(33)63)24-40-51(5,6)42-32-14-10-8-12-30(32)16-18-36(42)59(40)22-20-55-57-28(2)47(66)53-26-38(61)49(69)70/h7-18,23-24,27-28,33,44,63H,19-22,25-26H2,1-6H3,(H7,52,53,54,55,56,57,62,64,65,66,67,68,69,70)/p+1/t27-,28-,33?,44?/m0/s1. The number of ketones is 4. The maximum absolute atomic E-state index is 14.8. The average Bonchev–Trinajstić information content (AvgIpc) is 3.78. The molecule has 70 heavy (non-hydrogen) atoms. The Morgan fingerprint density at radius 2 is 1.23 bits per heavy atom. The number of rotatable bonds is 20. The third kappa shape index (κ3) is 9.79. The van der Waals surface area contributed by atoms with Crippen LogP contribution in [0.15, 0.2) is 96.2 Å². The smallest absolute Gasteiger partial charge is 0.374 e. The van der Waals surface area contributed by atoms with Gasteiger partial charge in [0.05, 0.1) is 48.6 Å². The van der Waals surface area contributed by atoms with Crippen LogP contribution in [0.5, 0.6) is 0 Å². The minimum Gasteiger partial charge on any atom is -0.475 e. The number of hydrogen-bond acceptors (Lipinski definition) is 14. The SMILES string of the molecule is C[C@H](NNCCN1C(=CC2C(=O)C(=CC3=[N+](CCNN[C@@H](C)C(=O)NCC(=O)C(=O)O)c4ccc5ccccc5c4C3(C)C)C(=O)C2O)C(C)(C)c2c1ccc1ccccc21)C(=O)NCC(=O)C(=O)O. The van der Waals surface area contributed by atoms with E-state index in [4.69, 9.17) is 10.2 Å². The molecule has 4 aromatic carbocycles. The molecule has 2 aliphatic heterocycles. The van der Waals surface area contributed by atoms with Crippen LogP contribution < -0.4 is 37.2 Å². The lowest BCUT2D eigenvalue weighted by Crippen LogP contribution is -2.51. The van der Waals surface area contributed by atoms with Crippen molar-refractivity contribution in [1.29, 1.82) is 0 Å². The van der Waals surface area contributed by atoms with Gasteiger partial charge in [0.15, 0.2) is 23.8 Å². The summed E-state index contributed by atoms with van der Waals surface area (Å²) in [6.07, 6.45) is 1.59. The molecule has 0 bridgehead atoms. The summed E-state index contributed by atoms with van der Waals surface area (Å²) in [4.78, 5) is 101. The second-order valence-corrected chi connectivity index (χ2v) is 18.6. The highest BCUT2D eigenvalue weighted by molar-refractivity contribution is 6.34. The van der Waals surface area contributed by atoms with Gasteiger partial charge in [-0.2, -0.15) is 4.58 Å². The van der Waals surface area contributed by atoms with E-state index in [0.717, 1.165) is 44.0 Å². The van der Waals surface area contributed by atoms with Crippen molar-refractivity contribution in [3.8, 4) is 0 Å². The number of allylic oxidation sites excluding steroid dienone is 2. The normalized spacial score (nSPS) is 20.0. The zero-order valence-electron chi connectivity index (χ0n) is 39.6. The van der Waals surface area contributed by atoms with Crippen LogP contribution >= 0.6 is 0 Å². The Morgan fingerprint density at radius 3 is 1.80 bits per heavy atom. The Morgan fingerprint density at radius 1 is 0.700 bits per heavy atom. The fourth-order valence-corrected chi connectivity index (χ4v) is 9.60. The fraction of sp³-hybridized carbons (Fsp3) is 0.353. The van der Waals surface area contributed by atoms with E-state index in [1.54, 1.807) is 19.1 Å². The van der Waals surface area contributed by atoms with Gasteiger partial charge in [-0.15, -0.1) is 0 Å². The summed E-state index contributed by atoms with van der Waals surface area (Å²) in [5.41, 5.74) is 15.1. The number of carbonyl (C=O) groups is 8. The van der Waals surface area contributed by atoms with Crippen molar-refractivity contribution in [1.82, 2.24) is 32.3 Å². The van der Waals surface area contributed by atoms with E-state index in [1.807, 2.05) is 110 Å². The maximum atomic E-state index is 14.8. The second-order valence-electron chi connectivity index (χ2n) is 18.6. The van der Waals surface area contributed by atoms with E-state index in [2.05, 4.69) is 32.3 Å². The van der Waals surface area contributed by atoms with Gasteiger partial charge in [0.1, 0.15) is 6.10 Å². The molecule has 1 aliphatic carbocycles. The zero-order chi connectivity index (χ0) is 50.8. The Bertz CT molecular complexity index is 2960. The predicted octanol–water partition coefficient (Wildman–Crippen LogP) is 1.61. The highest BCUT2D eigenvalue weighted by Gasteiger charge is 2.51. The number of Topliss-reactive ketones (excluding diaryl/α,β-unsaturated/α-hetero) is 4. The fourth-order valence-electron chi connectivity index (χ4n) is 9.60. The van der Waals surface area contributed by atoms with E-state index >= 15 is 0 Å². The highest BCUT2D eigenvalue weighted by Crippen LogP contribution is 2.51. The van der Waals surface area contributed by atoms with E-state index in [-0.39, 0.29) is 25.2 Å². The van der Waals surface area contributed by atoms with E-state index in [9.17, 15) is 43.5 Å². The molecule has 9 N–H and O–H groups in total. The van der Waals surface area contributed by atoms with E-state index in [1.165, 1.54) is 6.92 Å². The largest absolute Gasteiger partial charge is 0.475 e. The number of benzene rings is 4. The van der Waals surface area contributed by atoms with Crippen LogP contribution in [0.1, 0.15) is 52.7 Å². The first-order chi connectivity index (χ1) is 33.2. The highest BCUT2D eigenvalue weighted by atomic mass is 16.4. The summed E-state index contributed by atoms with van der Waals surface area (Å²) in [6.45, 7) is 10.9. The number of nitrogens with zero attached hydrogens (tertiary/aromatic N) is 2. The van der Waals surface area contributed by atoms with E-state index < -0.39 is 94.9 Å². The van der Waals surface area contributed by atoms with Gasteiger partial charge in [0, 0.05) is 47.6 Å². The average molecular weight is 958 g/mol. The number of aliphatic hydroxyl groups is 1. The number of aliphatic hydroxyl groups excluding tert-OH is 1. The van der Waals surface area contributed by atoms with Crippen molar-refractivity contribution in [3.63, 3.8) is 0 Å². The van der Waals surface area contributed by atoms with Crippen LogP contribution in [0.25, 0.3) is 21.5 Å². The summed E-state index contributed by atoms with van der Waals surface area (Å²) < 4.78 is 2.00. The number of carbonyl (C=O) groups excluding carboxylic acids is 6. The molecule has 366 valence electrons. The van der Waals surface area contributed by atoms with Crippen LogP contribution in [0.4, 0.5) is 11.4 Å². The van der Waals surface area contributed by atoms with Gasteiger partial charge >= 0.3 is 11.9 Å². The summed E-state index contributed by atoms with van der Waals surface area (Å²) in [5, 5.41) is 38.0. The minimum atomic E-state index is -1.69. The van der Waals surface area contributed by atoms with Crippen LogP contribution in [-0.2, 0) is 49.2 Å². The third-order valence-electron chi connectivity index (χ3n) is 13.2. The first kappa shape index (κ1) is 50.6. The topological polar surface area (TPSA) is 276 Å². The van der Waals surface area contributed by atoms with Crippen molar-refractivity contribution >= 4 is 85.5 Å². The number of fused-ring (bicyclic) bond motifs is 6. The van der Waals surface area contributed by atoms with Gasteiger partial charge in [-0.1, -0.05) is 74.5 Å². The van der Waals surface area contributed by atoms with Crippen LogP contribution in [0, 0.1) is 5.92 Å². The summed E-state index contributed by atoms with van der Waals surface area (Å²) in [5.74, 6) is -9.31. The number of carboxylic acids is 2. The van der Waals surface area contributed by atoms with Crippen molar-refractivity contribution < 1.29 is 58.3 Å². The molecule has 1 saturated carbocycles. The van der Waals surface area contributed by atoms with Crippen molar-refractivity contribution in [3.05, 3.63) is 107 Å². The molecule has 0 radical (unpaired) electrons. The number of amides is 2. The molecule has 7 rings (SSSR count). The van der Waals surface area contributed by atoms with Gasteiger partial charge in [-0.05, 0) is 66.9 Å². The molecule has 0 saturated heterocycles. The second kappa shape index (κ2) is 20.4. The van der Waals surface area contributed by atoms with Gasteiger partial charge in [0.25, 0.3) is 11.6 Å². The van der Waals surface area contributed by atoms with Crippen molar-refractivity contribution in [2.45, 2.75) is 70.6 Å². The Hall–Kier alpha value is -7.29. The number of anilines is 1. The van der Waals surface area contributed by atoms with Crippen molar-refractivity contribution in [2.75, 3.05) is 44.2 Å². The van der Waals surface area contributed by atoms with Gasteiger partial charge in [-0.25, -0.2) is 20.4 Å². The molecule has 0 spiro atoms. The Labute approximate surface area is 403 Å². The molecule has 2 unspecified atom stereocenters. The van der Waals surface area contributed by atoms with Gasteiger partial charge in [-0.3, -0.25) is 39.6 Å². The van der Waals surface area contributed by atoms with E-state index in [0.29, 0.717) is 18.0 Å². The molecule has 4 atom stereocenters. The lowest BCUT2D eigenvalue weighted by atomic mass is 9.78. The molecule has 4 aromatic rings. The minimum absolute atomic E-state index is 0.152. The molecule has 3 aliphatic rings. The summed E-state index contributed by atoms with van der Waals surface area (Å²) in [6, 6.07) is 22.1. The molecule has 2 amide bonds. The first-order valence-corrected chi connectivity index (χ1v) is 22.9. The molecule has 1 fully saturated rings. The lowest BCUT2D eigenvalue weighted by Gasteiger charge is -2.29. The van der Waals surface area contributed by atoms with Crippen LogP contribution in [-0.4, -0.2) is 130 Å². The maximum Gasteiger partial charge on any atom is 0.374 e. The predicted molar refractivity (Wildman–Crippen MR) is 259 cm³/mol. The Balaban J connectivity index is 1.18. The van der Waals surface area contributed by atoms with Gasteiger partial charge in [0.2, 0.25) is 17.5 Å². The van der Waals surface area contributed by atoms with Crippen LogP contribution in [0.2, 0.25) is 0 Å². The molecular formula is C51H57N8O11+. The number of nitrogens with one attached hydrogen (secondary N) is 6. The third-order valence-corrected chi connectivity index (χ3v) is 13.2. The zero-order valence-corrected chi connectivity index (χ0v) is 39.6. The summed E-state index contributed by atoms with van der Waals surface area (Å²) >= 11 is 0. The quantitative estimate of drug-likeness (QED) is 0.0152. The monoisotopic (exact) mass is 957 g/mol. The first-order valence-electron chi connectivity index (χ1n) is 22.9. The number of hydrogen-bond donors (Lipinski definition) is 9.